The predicted molar refractivity (Wildman–Crippen MR) is 78.5 cm³/mol. The summed E-state index contributed by atoms with van der Waals surface area (Å²) in [4.78, 5) is 6.12. The first-order valence-electron chi connectivity index (χ1n) is 6.82. The molecule has 0 saturated heterocycles. The van der Waals surface area contributed by atoms with Crippen molar-refractivity contribution in [2.24, 2.45) is 11.5 Å². The van der Waals surface area contributed by atoms with E-state index in [4.69, 9.17) is 37.8 Å². The summed E-state index contributed by atoms with van der Waals surface area (Å²) in [5.74, 6) is 0. The Balaban J connectivity index is 0. The van der Waals surface area contributed by atoms with Crippen molar-refractivity contribution in [3.63, 3.8) is 0 Å². The molecule has 22 heavy (non-hydrogen) atoms. The summed E-state index contributed by atoms with van der Waals surface area (Å²) in [6.07, 6.45) is 9.05. The Labute approximate surface area is 132 Å². The molecule has 0 aliphatic rings. The largest absolute Gasteiger partial charge is 0.330 e. The van der Waals surface area contributed by atoms with Crippen LogP contribution in [0.3, 0.4) is 0 Å². The number of unbranched alkanes of at least 4 members (excludes halogenated alkanes) is 6. The summed E-state index contributed by atoms with van der Waals surface area (Å²) >= 11 is -4.78. The van der Waals surface area contributed by atoms with E-state index in [1.165, 1.54) is 69.8 Å². The molecule has 0 amide bonds. The summed E-state index contributed by atoms with van der Waals surface area (Å²) in [7, 11) is 0. The Morgan fingerprint density at radius 1 is 0.500 bits per heavy atom. The monoisotopic (exact) mass is 344 g/mol. The fourth-order valence-corrected chi connectivity index (χ4v) is 1.90. The van der Waals surface area contributed by atoms with Crippen molar-refractivity contribution < 1.29 is 11.8 Å². The van der Waals surface area contributed by atoms with Crippen molar-refractivity contribution in [2.75, 3.05) is 13.1 Å². The minimum atomic E-state index is -4.78. The van der Waals surface area contributed by atoms with Gasteiger partial charge in [0.1, 0.15) is 0 Å². The molecule has 7 nitrogen and oxygen atoms in total. The van der Waals surface area contributed by atoms with Gasteiger partial charge in [0.25, 0.3) is 0 Å². The van der Waals surface area contributed by atoms with Crippen LogP contribution in [0.15, 0.2) is 0 Å². The van der Waals surface area contributed by atoms with Gasteiger partial charge in [-0.05, 0) is 25.9 Å². The fraction of sp³-hybridized carbons (Fsp3) is 0.643. The van der Waals surface area contributed by atoms with Crippen LogP contribution in [0.25, 0.3) is 0 Å². The summed E-state index contributed by atoms with van der Waals surface area (Å²) in [5.41, 5.74) is 10.7. The van der Waals surface area contributed by atoms with E-state index in [-0.39, 0.29) is 0 Å². The smallest absolute Gasteiger partial charge is 0.00773 e. The molecule has 0 saturated carbocycles. The second kappa shape index (κ2) is 12.6. The average molecular weight is 344 g/mol. The molecule has 8 heteroatoms. The summed E-state index contributed by atoms with van der Waals surface area (Å²) in [6.45, 7) is 1.70. The number of rotatable bonds is 8. The van der Waals surface area contributed by atoms with E-state index < -0.39 is 11.8 Å². The van der Waals surface area contributed by atoms with Crippen LogP contribution in [-0.4, -0.2) is 13.1 Å². The third kappa shape index (κ3) is 7.61. The zero-order chi connectivity index (χ0) is 17.3. The Kier molecular flexibility index (Phi) is 12.7. The third-order valence-corrected chi connectivity index (χ3v) is 5.17. The van der Waals surface area contributed by atoms with Crippen molar-refractivity contribution in [3.8, 4) is 24.8 Å². The minimum Gasteiger partial charge on any atom is -0.330 e. The molecule has 0 radical (unpaired) electrons. The van der Waals surface area contributed by atoms with Gasteiger partial charge in [-0.2, -0.15) is 0 Å². The number of nitrogens with two attached hydrogens (primary N) is 2. The minimum absolute atomic E-state index is 0.850. The van der Waals surface area contributed by atoms with Crippen LogP contribution < -0.4 is 11.5 Å². The van der Waals surface area contributed by atoms with Gasteiger partial charge in [0.15, 0.2) is 0 Å². The quantitative estimate of drug-likeness (QED) is 0.498. The fourth-order valence-electron chi connectivity index (χ4n) is 1.35. The summed E-state index contributed by atoms with van der Waals surface area (Å²) in [6, 6.07) is 0. The third-order valence-electron chi connectivity index (χ3n) is 2.70. The zero-order valence-electron chi connectivity index (χ0n) is 12.6. The van der Waals surface area contributed by atoms with Gasteiger partial charge in [-0.25, -0.2) is 0 Å². The van der Waals surface area contributed by atoms with Gasteiger partial charge in [-0.3, -0.25) is 0 Å². The van der Waals surface area contributed by atoms with E-state index in [1.807, 2.05) is 0 Å². The standard InChI is InChI=1S/C9H22N2.5CN.Fe/c10-8-6-4-2-1-3-5-7-9-11;5*1-2;/h1-11H2;;;;;;. The van der Waals surface area contributed by atoms with Crippen molar-refractivity contribution >= 4 is 0 Å². The number of nitriles is 5. The number of hydrogen-bond donors (Lipinski definition) is 2. The van der Waals surface area contributed by atoms with E-state index in [0.29, 0.717) is 0 Å². The molecule has 121 valence electrons. The Hall–Kier alpha value is -2.11. The van der Waals surface area contributed by atoms with Gasteiger partial charge < -0.3 is 11.5 Å². The molecular formula is C14H22FeN7. The van der Waals surface area contributed by atoms with Gasteiger partial charge >= 0.3 is 62.9 Å². The molecule has 0 aliphatic heterocycles. The first kappa shape index (κ1) is 22.2. The van der Waals surface area contributed by atoms with Gasteiger partial charge in [0, 0.05) is 0 Å². The van der Waals surface area contributed by atoms with Crippen LogP contribution in [0.1, 0.15) is 44.9 Å². The van der Waals surface area contributed by atoms with Crippen LogP contribution in [-0.2, 0) is 11.8 Å². The van der Waals surface area contributed by atoms with E-state index >= 15 is 0 Å². The summed E-state index contributed by atoms with van der Waals surface area (Å²) < 4.78 is 0. The van der Waals surface area contributed by atoms with Crippen LogP contribution in [0.4, 0.5) is 0 Å². The number of hydrogen-bond acceptors (Lipinski definition) is 7. The molecule has 0 aromatic rings. The first-order chi connectivity index (χ1) is 10.5. The molecule has 0 spiro atoms. The van der Waals surface area contributed by atoms with Crippen LogP contribution in [0, 0.1) is 51.1 Å². The van der Waals surface area contributed by atoms with Crippen molar-refractivity contribution in [2.45, 2.75) is 44.9 Å². The summed E-state index contributed by atoms with van der Waals surface area (Å²) in [5, 5.41) is 41.8. The van der Waals surface area contributed by atoms with Gasteiger partial charge in [0.2, 0.25) is 0 Å². The van der Waals surface area contributed by atoms with E-state index in [1.54, 1.807) is 0 Å². The Morgan fingerprint density at radius 2 is 0.727 bits per heavy atom. The second-order valence-corrected chi connectivity index (χ2v) is 8.33. The molecule has 0 aromatic carbocycles. The van der Waals surface area contributed by atoms with Gasteiger partial charge in [-0.1, -0.05) is 32.1 Å². The van der Waals surface area contributed by atoms with E-state index in [2.05, 4.69) is 0 Å². The van der Waals surface area contributed by atoms with Gasteiger partial charge in [-0.15, -0.1) is 0 Å². The Bertz CT molecular complexity index is 417. The van der Waals surface area contributed by atoms with Crippen molar-refractivity contribution in [1.29, 1.82) is 26.3 Å². The van der Waals surface area contributed by atoms with Crippen LogP contribution in [0.5, 0.6) is 0 Å². The normalized spacial score (nSPS) is 10.9. The molecule has 4 N–H and O–H groups in total. The van der Waals surface area contributed by atoms with Crippen LogP contribution >= 0.6 is 0 Å². The number of nitrogens with zero attached hydrogens (tertiary/aromatic N) is 5. The maximum Gasteiger partial charge on any atom is -0.00773 e. The predicted octanol–water partition coefficient (Wildman–Crippen LogP) is 1.72. The molecule has 0 rings (SSSR count). The zero-order valence-corrected chi connectivity index (χ0v) is 13.7. The maximum atomic E-state index is 8.35. The molecule has 0 fully saturated rings. The first-order valence-corrected chi connectivity index (χ1v) is 9.58. The molecule has 0 aromatic heterocycles. The Morgan fingerprint density at radius 3 is 0.864 bits per heavy atom. The molecule has 0 unspecified atom stereocenters. The molecule has 0 heterocycles. The van der Waals surface area contributed by atoms with E-state index in [0.717, 1.165) is 13.1 Å². The van der Waals surface area contributed by atoms with Crippen molar-refractivity contribution in [1.82, 2.24) is 0 Å². The van der Waals surface area contributed by atoms with E-state index in [9.17, 15) is 0 Å². The topological polar surface area (TPSA) is 171 Å². The average Bonchev–Trinajstić information content (AvgIpc) is 2.59. The SMILES string of the molecule is N#[C][Fe]([C]#N)([C]#N)([C]#N)[C]#N.NCCCCCCCCCN. The molecule has 0 bridgehead atoms. The van der Waals surface area contributed by atoms with Gasteiger partial charge in [0.05, 0.1) is 0 Å². The maximum absolute atomic E-state index is 8.35. The molecular weight excluding hydrogens is 322 g/mol. The molecule has 0 atom stereocenters. The molecule has 0 aliphatic carbocycles. The van der Waals surface area contributed by atoms with Crippen molar-refractivity contribution in [3.05, 3.63) is 0 Å². The second-order valence-electron chi connectivity index (χ2n) is 4.33. The van der Waals surface area contributed by atoms with Crippen LogP contribution in [0.2, 0.25) is 0 Å².